The summed E-state index contributed by atoms with van der Waals surface area (Å²) in [6, 6.07) is -0.931. The minimum atomic E-state index is -2.06. The van der Waals surface area contributed by atoms with Crippen molar-refractivity contribution in [1.82, 2.24) is 15.3 Å². The molecule has 19 heavy (non-hydrogen) atoms. The van der Waals surface area contributed by atoms with Gasteiger partial charge >= 0.3 is 5.97 Å². The van der Waals surface area contributed by atoms with Crippen molar-refractivity contribution in [1.29, 1.82) is 0 Å². The number of nitrogens with zero attached hydrogens (tertiary/aromatic N) is 1. The van der Waals surface area contributed by atoms with Crippen molar-refractivity contribution in [3.05, 3.63) is 30.5 Å². The van der Waals surface area contributed by atoms with Crippen LogP contribution in [0.5, 0.6) is 0 Å². The Morgan fingerprint density at radius 1 is 1.53 bits per heavy atom. The summed E-state index contributed by atoms with van der Waals surface area (Å²) in [5, 5.41) is 11.5. The highest BCUT2D eigenvalue weighted by Crippen LogP contribution is 2.27. The fourth-order valence-electron chi connectivity index (χ4n) is 1.17. The Morgan fingerprint density at radius 3 is 2.68 bits per heavy atom. The van der Waals surface area contributed by atoms with Crippen LogP contribution < -0.4 is 5.32 Å². The molecule has 0 spiro atoms. The molecular formula is C10H10Cl3N3O3. The second-order valence-corrected chi connectivity index (χ2v) is 5.82. The number of imidazole rings is 1. The van der Waals surface area contributed by atoms with Crippen molar-refractivity contribution >= 4 is 46.6 Å². The van der Waals surface area contributed by atoms with Crippen molar-refractivity contribution < 1.29 is 14.7 Å². The van der Waals surface area contributed by atoms with Crippen LogP contribution >= 0.6 is 34.8 Å². The predicted octanol–water partition coefficient (Wildman–Crippen LogP) is 1.45. The molecule has 0 bridgehead atoms. The summed E-state index contributed by atoms with van der Waals surface area (Å²) in [4.78, 5) is 28.8. The minimum absolute atomic E-state index is 0.168. The van der Waals surface area contributed by atoms with Gasteiger partial charge in [0.15, 0.2) is 0 Å². The Morgan fingerprint density at radius 2 is 2.21 bits per heavy atom. The maximum Gasteiger partial charge on any atom is 0.326 e. The maximum atomic E-state index is 11.2. The number of carboxylic acids is 1. The minimum Gasteiger partial charge on any atom is -0.480 e. The molecule has 1 aromatic heterocycles. The number of aromatic amines is 1. The molecule has 0 aliphatic heterocycles. The summed E-state index contributed by atoms with van der Waals surface area (Å²) in [6.07, 6.45) is 5.22. The van der Waals surface area contributed by atoms with Crippen molar-refractivity contribution in [3.63, 3.8) is 0 Å². The number of H-pyrrole nitrogens is 1. The van der Waals surface area contributed by atoms with Gasteiger partial charge in [-0.3, -0.25) is 4.79 Å². The smallest absolute Gasteiger partial charge is 0.326 e. The number of hydrogen-bond donors (Lipinski definition) is 3. The Hall–Kier alpha value is -1.24. The highest BCUT2D eigenvalue weighted by Gasteiger charge is 2.28. The van der Waals surface area contributed by atoms with Crippen molar-refractivity contribution in [2.45, 2.75) is 16.3 Å². The van der Waals surface area contributed by atoms with Gasteiger partial charge < -0.3 is 15.4 Å². The van der Waals surface area contributed by atoms with Gasteiger partial charge in [0.2, 0.25) is 5.78 Å². The van der Waals surface area contributed by atoms with E-state index in [4.69, 9.17) is 39.9 Å². The van der Waals surface area contributed by atoms with Gasteiger partial charge in [-0.1, -0.05) is 34.8 Å². The number of allylic oxidation sites excluding steroid dienone is 1. The van der Waals surface area contributed by atoms with Crippen LogP contribution in [-0.4, -0.2) is 36.7 Å². The first kappa shape index (κ1) is 15.8. The van der Waals surface area contributed by atoms with Gasteiger partial charge in [0.1, 0.15) is 6.04 Å². The average Bonchev–Trinajstić information content (AvgIpc) is 2.78. The quantitative estimate of drug-likeness (QED) is 0.543. The van der Waals surface area contributed by atoms with Gasteiger partial charge in [-0.15, -0.1) is 0 Å². The number of carboxylic acid groups (broad SMARTS) is 1. The fourth-order valence-corrected chi connectivity index (χ4v) is 1.36. The molecule has 1 rings (SSSR count). The number of hydrogen-bond acceptors (Lipinski definition) is 4. The summed E-state index contributed by atoms with van der Waals surface area (Å²) in [5.74, 6) is -1.85. The van der Waals surface area contributed by atoms with Gasteiger partial charge in [-0.2, -0.15) is 0 Å². The summed E-state index contributed by atoms with van der Waals surface area (Å²) in [7, 11) is 0. The SMILES string of the molecule is O=C(O)C(Cc1cnc[nH]1)N/C=C\C(=O)C(Cl)(Cl)Cl. The predicted molar refractivity (Wildman–Crippen MR) is 71.3 cm³/mol. The first-order valence-electron chi connectivity index (χ1n) is 5.04. The molecule has 6 nitrogen and oxygen atoms in total. The Balaban J connectivity index is 2.58. The lowest BCUT2D eigenvalue weighted by molar-refractivity contribution is -0.139. The lowest BCUT2D eigenvalue weighted by Crippen LogP contribution is -2.35. The molecule has 1 heterocycles. The lowest BCUT2D eigenvalue weighted by Gasteiger charge is -2.11. The third kappa shape index (κ3) is 5.50. The highest BCUT2D eigenvalue weighted by molar-refractivity contribution is 6.77. The van der Waals surface area contributed by atoms with E-state index >= 15 is 0 Å². The van der Waals surface area contributed by atoms with Crippen LogP contribution in [0.25, 0.3) is 0 Å². The number of ketones is 1. The molecule has 9 heteroatoms. The molecule has 3 N–H and O–H groups in total. The van der Waals surface area contributed by atoms with Gasteiger partial charge in [-0.25, -0.2) is 9.78 Å². The molecule has 0 aromatic carbocycles. The van der Waals surface area contributed by atoms with E-state index in [9.17, 15) is 9.59 Å². The van der Waals surface area contributed by atoms with E-state index in [1.165, 1.54) is 12.5 Å². The van der Waals surface area contributed by atoms with E-state index in [2.05, 4.69) is 15.3 Å². The van der Waals surface area contributed by atoms with Crippen molar-refractivity contribution in [3.8, 4) is 0 Å². The molecule has 0 saturated heterocycles. The summed E-state index contributed by atoms with van der Waals surface area (Å²) in [5.41, 5.74) is 0.640. The fraction of sp³-hybridized carbons (Fsp3) is 0.300. The van der Waals surface area contributed by atoms with E-state index < -0.39 is 21.6 Å². The molecule has 104 valence electrons. The molecule has 0 fully saturated rings. The second kappa shape index (κ2) is 6.79. The second-order valence-electron chi connectivity index (χ2n) is 3.53. The number of carbonyl (C=O) groups is 2. The lowest BCUT2D eigenvalue weighted by atomic mass is 10.1. The van der Waals surface area contributed by atoms with E-state index in [1.807, 2.05) is 0 Å². The van der Waals surface area contributed by atoms with Crippen LogP contribution in [0.1, 0.15) is 5.69 Å². The van der Waals surface area contributed by atoms with Gasteiger partial charge in [0.25, 0.3) is 3.79 Å². The van der Waals surface area contributed by atoms with Gasteiger partial charge in [0, 0.05) is 30.6 Å². The molecule has 1 atom stereocenters. The molecule has 0 radical (unpaired) electrons. The monoisotopic (exact) mass is 325 g/mol. The molecule has 0 saturated carbocycles. The molecule has 1 aromatic rings. The van der Waals surface area contributed by atoms with E-state index in [1.54, 1.807) is 0 Å². The summed E-state index contributed by atoms with van der Waals surface area (Å²) in [6.45, 7) is 0. The van der Waals surface area contributed by atoms with Crippen LogP contribution in [0.15, 0.2) is 24.8 Å². The Bertz CT molecular complexity index is 468. The van der Waals surface area contributed by atoms with Crippen LogP contribution in [0.4, 0.5) is 0 Å². The van der Waals surface area contributed by atoms with E-state index in [-0.39, 0.29) is 6.42 Å². The normalized spacial score (nSPS) is 13.4. The zero-order valence-electron chi connectivity index (χ0n) is 9.44. The number of carbonyl (C=O) groups excluding carboxylic acids is 1. The Labute approximate surface area is 123 Å². The third-order valence-electron chi connectivity index (χ3n) is 2.09. The van der Waals surface area contributed by atoms with Crippen LogP contribution in [0, 0.1) is 0 Å². The van der Waals surface area contributed by atoms with E-state index in [0.717, 1.165) is 12.3 Å². The summed E-state index contributed by atoms with van der Waals surface area (Å²) < 4.78 is -2.06. The third-order valence-corrected chi connectivity index (χ3v) is 2.65. The van der Waals surface area contributed by atoms with Crippen LogP contribution in [0.3, 0.4) is 0 Å². The topological polar surface area (TPSA) is 95.1 Å². The van der Waals surface area contributed by atoms with E-state index in [0.29, 0.717) is 5.69 Å². The Kier molecular flexibility index (Phi) is 5.65. The zero-order chi connectivity index (χ0) is 14.5. The number of halogens is 3. The van der Waals surface area contributed by atoms with Crippen LogP contribution in [0.2, 0.25) is 0 Å². The average molecular weight is 327 g/mol. The molecule has 0 aliphatic carbocycles. The van der Waals surface area contributed by atoms with Crippen LogP contribution in [-0.2, 0) is 16.0 Å². The van der Waals surface area contributed by atoms with Gasteiger partial charge in [-0.05, 0) is 0 Å². The van der Waals surface area contributed by atoms with Gasteiger partial charge in [0.05, 0.1) is 6.33 Å². The molecule has 0 aliphatic rings. The standard InChI is InChI=1S/C10H10Cl3N3O3/c11-10(12,13)8(17)1-2-15-7(9(18)19)3-6-4-14-5-16-6/h1-2,4-5,7,15H,3H2,(H,14,16)(H,18,19)/b2-1-. The molecule has 0 amide bonds. The zero-order valence-corrected chi connectivity index (χ0v) is 11.7. The number of rotatable bonds is 6. The van der Waals surface area contributed by atoms with Crippen molar-refractivity contribution in [2.75, 3.05) is 0 Å². The number of aromatic nitrogens is 2. The highest BCUT2D eigenvalue weighted by atomic mass is 35.6. The number of alkyl halides is 3. The maximum absolute atomic E-state index is 11.2. The number of nitrogens with one attached hydrogen (secondary N) is 2. The van der Waals surface area contributed by atoms with Crippen molar-refractivity contribution in [2.24, 2.45) is 0 Å². The molecule has 1 unspecified atom stereocenters. The summed E-state index contributed by atoms with van der Waals surface area (Å²) >= 11 is 16.0. The number of aliphatic carboxylic acids is 1. The first-order valence-corrected chi connectivity index (χ1v) is 6.18. The first-order chi connectivity index (χ1) is 8.80. The molecular weight excluding hydrogens is 316 g/mol. The largest absolute Gasteiger partial charge is 0.480 e.